The minimum atomic E-state index is -0.111. The van der Waals surface area contributed by atoms with Crippen LogP contribution in [-0.2, 0) is 6.54 Å². The average Bonchev–Trinajstić information content (AvgIpc) is 2.36. The summed E-state index contributed by atoms with van der Waals surface area (Å²) in [6.07, 6.45) is 0. The number of hydrogen-bond acceptors (Lipinski definition) is 3. The monoisotopic (exact) mass is 268 g/mol. The molecule has 100 valence electrons. The van der Waals surface area contributed by atoms with Crippen LogP contribution in [0.5, 0.6) is 0 Å². The number of hydrogen-bond donors (Lipinski definition) is 1. The van der Waals surface area contributed by atoms with Gasteiger partial charge in [0.05, 0.1) is 0 Å². The Bertz CT molecular complexity index is 411. The zero-order chi connectivity index (χ0) is 13.1. The number of benzene rings is 1. The van der Waals surface area contributed by atoms with E-state index in [9.17, 15) is 4.39 Å². The molecule has 0 bridgehead atoms. The maximum atomic E-state index is 13.9. The molecule has 1 aromatic rings. The van der Waals surface area contributed by atoms with Crippen LogP contribution in [0, 0.1) is 5.82 Å². The zero-order valence-corrected chi connectivity index (χ0v) is 12.1. The first-order valence-corrected chi connectivity index (χ1v) is 7.50. The first kappa shape index (κ1) is 13.7. The van der Waals surface area contributed by atoms with Crippen molar-refractivity contribution in [3.63, 3.8) is 0 Å². The van der Waals surface area contributed by atoms with Gasteiger partial charge in [-0.1, -0.05) is 13.0 Å². The van der Waals surface area contributed by atoms with Crippen molar-refractivity contribution in [2.75, 3.05) is 24.2 Å². The van der Waals surface area contributed by atoms with Crippen LogP contribution in [0.4, 0.5) is 10.1 Å². The lowest BCUT2D eigenvalue weighted by molar-refractivity contribution is 0.586. The standard InChI is InChI=1S/C14H21FN2S/c1-10-11(2)18-8-7-17(10)14-6-4-5-13(15)12(14)9-16-3/h4-6,10-11,16H,7-9H2,1-3H3. The first-order chi connectivity index (χ1) is 8.65. The lowest BCUT2D eigenvalue weighted by Gasteiger charge is -2.40. The molecule has 0 saturated carbocycles. The second-order valence-corrected chi connectivity index (χ2v) is 6.26. The van der Waals surface area contributed by atoms with E-state index in [1.165, 1.54) is 0 Å². The number of anilines is 1. The predicted molar refractivity (Wildman–Crippen MR) is 77.9 cm³/mol. The zero-order valence-electron chi connectivity index (χ0n) is 11.2. The SMILES string of the molecule is CNCc1c(F)cccc1N1CCSC(C)C1C. The highest BCUT2D eigenvalue weighted by Crippen LogP contribution is 2.32. The summed E-state index contributed by atoms with van der Waals surface area (Å²) in [7, 11) is 1.86. The molecular weight excluding hydrogens is 247 g/mol. The molecule has 2 nitrogen and oxygen atoms in total. The Morgan fingerprint density at radius 2 is 2.22 bits per heavy atom. The van der Waals surface area contributed by atoms with E-state index in [1.54, 1.807) is 6.07 Å². The van der Waals surface area contributed by atoms with Gasteiger partial charge in [0, 0.05) is 41.4 Å². The summed E-state index contributed by atoms with van der Waals surface area (Å²) >= 11 is 2.00. The van der Waals surface area contributed by atoms with Crippen molar-refractivity contribution in [2.24, 2.45) is 0 Å². The second-order valence-electron chi connectivity index (χ2n) is 4.78. The van der Waals surface area contributed by atoms with Gasteiger partial charge >= 0.3 is 0 Å². The lowest BCUT2D eigenvalue weighted by atomic mass is 10.1. The van der Waals surface area contributed by atoms with Gasteiger partial charge in [0.15, 0.2) is 0 Å². The molecule has 1 N–H and O–H groups in total. The van der Waals surface area contributed by atoms with Crippen molar-refractivity contribution < 1.29 is 4.39 Å². The van der Waals surface area contributed by atoms with Crippen LogP contribution in [0.2, 0.25) is 0 Å². The fourth-order valence-corrected chi connectivity index (χ4v) is 3.54. The summed E-state index contributed by atoms with van der Waals surface area (Å²) in [5, 5.41) is 3.65. The highest BCUT2D eigenvalue weighted by molar-refractivity contribution is 8.00. The van der Waals surface area contributed by atoms with E-state index < -0.39 is 0 Å². The van der Waals surface area contributed by atoms with Gasteiger partial charge in [-0.2, -0.15) is 11.8 Å². The van der Waals surface area contributed by atoms with Gasteiger partial charge in [0.25, 0.3) is 0 Å². The van der Waals surface area contributed by atoms with Crippen molar-refractivity contribution in [1.29, 1.82) is 0 Å². The second kappa shape index (κ2) is 5.93. The molecule has 2 rings (SSSR count). The molecule has 4 heteroatoms. The van der Waals surface area contributed by atoms with Gasteiger partial charge in [-0.15, -0.1) is 0 Å². The quantitative estimate of drug-likeness (QED) is 0.907. The number of thioether (sulfide) groups is 1. The van der Waals surface area contributed by atoms with Gasteiger partial charge < -0.3 is 10.2 Å². The maximum absolute atomic E-state index is 13.9. The van der Waals surface area contributed by atoms with Crippen molar-refractivity contribution in [2.45, 2.75) is 31.7 Å². The molecule has 1 saturated heterocycles. The van der Waals surface area contributed by atoms with E-state index in [2.05, 4.69) is 24.1 Å². The van der Waals surface area contributed by atoms with Crippen LogP contribution in [0.15, 0.2) is 18.2 Å². The maximum Gasteiger partial charge on any atom is 0.129 e. The third-order valence-corrected chi connectivity index (χ3v) is 4.98. The highest BCUT2D eigenvalue weighted by Gasteiger charge is 2.27. The number of nitrogens with zero attached hydrogens (tertiary/aromatic N) is 1. The summed E-state index contributed by atoms with van der Waals surface area (Å²) in [6, 6.07) is 5.84. The number of rotatable bonds is 3. The molecule has 18 heavy (non-hydrogen) atoms. The molecule has 2 unspecified atom stereocenters. The molecule has 0 aromatic heterocycles. The molecular formula is C14H21FN2S. The van der Waals surface area contributed by atoms with Crippen LogP contribution >= 0.6 is 11.8 Å². The highest BCUT2D eigenvalue weighted by atomic mass is 32.2. The summed E-state index contributed by atoms with van der Waals surface area (Å²) in [4.78, 5) is 2.34. The number of nitrogens with one attached hydrogen (secondary N) is 1. The Kier molecular flexibility index (Phi) is 4.51. The lowest BCUT2D eigenvalue weighted by Crippen LogP contribution is -2.45. The minimum Gasteiger partial charge on any atom is -0.367 e. The van der Waals surface area contributed by atoms with E-state index in [0.717, 1.165) is 23.5 Å². The van der Waals surface area contributed by atoms with Crippen molar-refractivity contribution in [1.82, 2.24) is 5.32 Å². The van der Waals surface area contributed by atoms with Gasteiger partial charge in [0.1, 0.15) is 5.82 Å². The van der Waals surface area contributed by atoms with Crippen LogP contribution < -0.4 is 10.2 Å². The molecule has 1 aliphatic heterocycles. The smallest absolute Gasteiger partial charge is 0.129 e. The predicted octanol–water partition coefficient (Wildman–Crippen LogP) is 2.88. The van der Waals surface area contributed by atoms with Gasteiger partial charge in [0.2, 0.25) is 0 Å². The van der Waals surface area contributed by atoms with Crippen LogP contribution in [0.25, 0.3) is 0 Å². The largest absolute Gasteiger partial charge is 0.367 e. The molecule has 0 aliphatic carbocycles. The fraction of sp³-hybridized carbons (Fsp3) is 0.571. The molecule has 0 spiro atoms. The van der Waals surface area contributed by atoms with Crippen molar-refractivity contribution >= 4 is 17.4 Å². The van der Waals surface area contributed by atoms with E-state index in [0.29, 0.717) is 17.8 Å². The Morgan fingerprint density at radius 1 is 1.44 bits per heavy atom. The topological polar surface area (TPSA) is 15.3 Å². The molecule has 1 aromatic carbocycles. The van der Waals surface area contributed by atoms with Crippen LogP contribution in [0.3, 0.4) is 0 Å². The first-order valence-electron chi connectivity index (χ1n) is 6.45. The normalized spacial score (nSPS) is 24.3. The van der Waals surface area contributed by atoms with Crippen molar-refractivity contribution in [3.8, 4) is 0 Å². The Balaban J connectivity index is 2.34. The molecule has 0 radical (unpaired) electrons. The minimum absolute atomic E-state index is 0.111. The van der Waals surface area contributed by atoms with Crippen molar-refractivity contribution in [3.05, 3.63) is 29.6 Å². The number of halogens is 1. The van der Waals surface area contributed by atoms with Gasteiger partial charge in [-0.3, -0.25) is 0 Å². The molecule has 2 atom stereocenters. The fourth-order valence-electron chi connectivity index (χ4n) is 2.44. The third-order valence-electron chi connectivity index (χ3n) is 3.64. The summed E-state index contributed by atoms with van der Waals surface area (Å²) in [5.74, 6) is 1.00. The van der Waals surface area contributed by atoms with E-state index >= 15 is 0 Å². The Labute approximate surface area is 113 Å². The molecule has 0 amide bonds. The Morgan fingerprint density at radius 3 is 2.94 bits per heavy atom. The Hall–Kier alpha value is -0.740. The van der Waals surface area contributed by atoms with Gasteiger partial charge in [-0.25, -0.2) is 4.39 Å². The summed E-state index contributed by atoms with van der Waals surface area (Å²) < 4.78 is 13.9. The van der Waals surface area contributed by atoms with E-state index in [-0.39, 0.29) is 5.82 Å². The van der Waals surface area contributed by atoms with Crippen LogP contribution in [0.1, 0.15) is 19.4 Å². The van der Waals surface area contributed by atoms with Crippen LogP contribution in [-0.4, -0.2) is 30.6 Å². The summed E-state index contributed by atoms with van der Waals surface area (Å²) in [6.45, 7) is 6.05. The molecule has 1 fully saturated rings. The average molecular weight is 268 g/mol. The summed E-state index contributed by atoms with van der Waals surface area (Å²) in [5.41, 5.74) is 1.83. The molecule has 1 aliphatic rings. The van der Waals surface area contributed by atoms with E-state index in [4.69, 9.17) is 0 Å². The third kappa shape index (κ3) is 2.64. The van der Waals surface area contributed by atoms with Gasteiger partial charge in [-0.05, 0) is 26.1 Å². The van der Waals surface area contributed by atoms with E-state index in [1.807, 2.05) is 30.9 Å². The molecule has 1 heterocycles.